The summed E-state index contributed by atoms with van der Waals surface area (Å²) in [7, 11) is 3.46. The molecule has 1 aromatic carbocycles. The van der Waals surface area contributed by atoms with E-state index in [9.17, 15) is 9.59 Å². The first-order valence-corrected chi connectivity index (χ1v) is 6.25. The number of fused-ring (bicyclic) bond motifs is 1. The zero-order valence-electron chi connectivity index (χ0n) is 11.3. The molecule has 0 N–H and O–H groups in total. The lowest BCUT2D eigenvalue weighted by atomic mass is 10.2. The van der Waals surface area contributed by atoms with E-state index in [0.717, 1.165) is 10.9 Å². The molecule has 2 heterocycles. The highest BCUT2D eigenvalue weighted by Gasteiger charge is 2.11. The zero-order valence-corrected chi connectivity index (χ0v) is 11.3. The fourth-order valence-electron chi connectivity index (χ4n) is 2.31. The van der Waals surface area contributed by atoms with Crippen LogP contribution in [0.3, 0.4) is 0 Å². The molecule has 0 radical (unpaired) electrons. The first-order chi connectivity index (χ1) is 9.58. The van der Waals surface area contributed by atoms with Crippen molar-refractivity contribution in [1.82, 2.24) is 18.9 Å². The molecule has 102 valence electrons. The van der Waals surface area contributed by atoms with Crippen LogP contribution in [0.2, 0.25) is 0 Å². The van der Waals surface area contributed by atoms with E-state index < -0.39 is 0 Å². The van der Waals surface area contributed by atoms with Gasteiger partial charge in [0.2, 0.25) is 0 Å². The molecule has 3 aromatic rings. The van der Waals surface area contributed by atoms with Crippen molar-refractivity contribution in [3.63, 3.8) is 0 Å². The summed E-state index contributed by atoms with van der Waals surface area (Å²) in [4.78, 5) is 23.9. The Hall–Kier alpha value is -2.63. The Morgan fingerprint density at radius 3 is 2.65 bits per heavy atom. The smallest absolute Gasteiger partial charge is 0.303 e. The zero-order chi connectivity index (χ0) is 14.3. The van der Waals surface area contributed by atoms with Crippen molar-refractivity contribution in [2.24, 2.45) is 14.1 Å². The molecule has 2 aromatic heterocycles. The van der Waals surface area contributed by atoms with Crippen molar-refractivity contribution < 1.29 is 0 Å². The van der Waals surface area contributed by atoms with E-state index in [-0.39, 0.29) is 17.8 Å². The van der Waals surface area contributed by atoms with Crippen LogP contribution in [0.1, 0.15) is 5.69 Å². The van der Waals surface area contributed by atoms with E-state index >= 15 is 0 Å². The molecule has 0 atom stereocenters. The van der Waals surface area contributed by atoms with Crippen molar-refractivity contribution in [2.45, 2.75) is 6.54 Å². The molecule has 6 heteroatoms. The monoisotopic (exact) mass is 270 g/mol. The molecule has 3 rings (SSSR count). The third kappa shape index (κ3) is 1.85. The summed E-state index contributed by atoms with van der Waals surface area (Å²) in [5.41, 5.74) is 1.03. The Morgan fingerprint density at radius 2 is 1.85 bits per heavy atom. The quantitative estimate of drug-likeness (QED) is 0.680. The van der Waals surface area contributed by atoms with Crippen molar-refractivity contribution in [2.75, 3.05) is 0 Å². The van der Waals surface area contributed by atoms with E-state index in [1.165, 1.54) is 21.4 Å². The SMILES string of the molecule is Cn1ccc(=O)n(Cc2nn(C)c3ccccc23)c1=O. The normalized spacial score (nSPS) is 11.1. The second-order valence-electron chi connectivity index (χ2n) is 4.72. The molecular weight excluding hydrogens is 256 g/mol. The van der Waals surface area contributed by atoms with E-state index in [2.05, 4.69) is 5.10 Å². The first kappa shape index (κ1) is 12.4. The molecule has 0 saturated heterocycles. The highest BCUT2D eigenvalue weighted by Crippen LogP contribution is 2.17. The lowest BCUT2D eigenvalue weighted by molar-refractivity contribution is 0.623. The molecule has 0 fully saturated rings. The number of hydrogen-bond donors (Lipinski definition) is 0. The predicted octanol–water partition coefficient (Wildman–Crippen LogP) is 0.482. The van der Waals surface area contributed by atoms with Gasteiger partial charge in [-0.3, -0.25) is 14.0 Å². The van der Waals surface area contributed by atoms with Crippen molar-refractivity contribution >= 4 is 10.9 Å². The largest absolute Gasteiger partial charge is 0.331 e. The summed E-state index contributed by atoms with van der Waals surface area (Å²) < 4.78 is 4.32. The minimum absolute atomic E-state index is 0.174. The molecule has 0 bridgehead atoms. The maximum atomic E-state index is 12.0. The molecule has 0 amide bonds. The van der Waals surface area contributed by atoms with Gasteiger partial charge in [0.15, 0.2) is 0 Å². The Morgan fingerprint density at radius 1 is 1.10 bits per heavy atom. The minimum Gasteiger partial charge on any atom is -0.303 e. The van der Waals surface area contributed by atoms with Crippen molar-refractivity contribution in [1.29, 1.82) is 0 Å². The number of hydrogen-bond acceptors (Lipinski definition) is 3. The molecule has 0 aliphatic rings. The van der Waals surface area contributed by atoms with E-state index in [1.807, 2.05) is 31.3 Å². The Balaban J connectivity index is 2.18. The summed E-state index contributed by atoms with van der Waals surface area (Å²) >= 11 is 0. The lowest BCUT2D eigenvalue weighted by Crippen LogP contribution is -2.38. The summed E-state index contributed by atoms with van der Waals surface area (Å²) in [5.74, 6) is 0. The fraction of sp³-hybridized carbons (Fsp3) is 0.214. The third-order valence-electron chi connectivity index (χ3n) is 3.38. The van der Waals surface area contributed by atoms with Crippen LogP contribution < -0.4 is 11.2 Å². The third-order valence-corrected chi connectivity index (χ3v) is 3.38. The maximum absolute atomic E-state index is 12.0. The summed E-state index contributed by atoms with van der Waals surface area (Å²) in [5, 5.41) is 5.36. The molecule has 0 unspecified atom stereocenters. The molecule has 0 saturated carbocycles. The van der Waals surface area contributed by atoms with E-state index in [1.54, 1.807) is 11.7 Å². The summed E-state index contributed by atoms with van der Waals surface area (Å²) in [6.07, 6.45) is 1.47. The maximum Gasteiger partial charge on any atom is 0.331 e. The summed E-state index contributed by atoms with van der Waals surface area (Å²) in [6, 6.07) is 9.13. The highest BCUT2D eigenvalue weighted by molar-refractivity contribution is 5.81. The van der Waals surface area contributed by atoms with Gasteiger partial charge < -0.3 is 4.57 Å². The Kier molecular flexibility index (Phi) is 2.78. The molecule has 6 nitrogen and oxygen atoms in total. The molecule has 0 aliphatic carbocycles. The van der Waals surface area contributed by atoms with Crippen LogP contribution in [0.5, 0.6) is 0 Å². The van der Waals surface area contributed by atoms with Gasteiger partial charge in [0.05, 0.1) is 17.8 Å². The van der Waals surface area contributed by atoms with E-state index in [4.69, 9.17) is 0 Å². The number of nitrogens with zero attached hydrogens (tertiary/aromatic N) is 4. The van der Waals surface area contributed by atoms with Gasteiger partial charge in [0, 0.05) is 31.7 Å². The second-order valence-corrected chi connectivity index (χ2v) is 4.72. The average Bonchev–Trinajstić information content (AvgIpc) is 2.77. The van der Waals surface area contributed by atoms with Gasteiger partial charge in [-0.1, -0.05) is 18.2 Å². The van der Waals surface area contributed by atoms with Crippen LogP contribution in [0.15, 0.2) is 46.1 Å². The predicted molar refractivity (Wildman–Crippen MR) is 75.8 cm³/mol. The van der Waals surface area contributed by atoms with Gasteiger partial charge in [0.25, 0.3) is 5.56 Å². The molecule has 0 aliphatic heterocycles. The fourth-order valence-corrected chi connectivity index (χ4v) is 2.31. The van der Waals surface area contributed by atoms with Gasteiger partial charge in [-0.2, -0.15) is 5.10 Å². The van der Waals surface area contributed by atoms with Crippen LogP contribution in [0.25, 0.3) is 10.9 Å². The van der Waals surface area contributed by atoms with Gasteiger partial charge >= 0.3 is 5.69 Å². The van der Waals surface area contributed by atoms with Crippen LogP contribution >= 0.6 is 0 Å². The Labute approximate surface area is 114 Å². The lowest BCUT2D eigenvalue weighted by Gasteiger charge is -2.04. The van der Waals surface area contributed by atoms with Crippen LogP contribution in [-0.4, -0.2) is 18.9 Å². The molecular formula is C14H14N4O2. The van der Waals surface area contributed by atoms with Crippen LogP contribution in [0, 0.1) is 0 Å². The van der Waals surface area contributed by atoms with Crippen molar-refractivity contribution in [3.8, 4) is 0 Å². The number of rotatable bonds is 2. The molecule has 0 spiro atoms. The average molecular weight is 270 g/mol. The number of para-hydroxylation sites is 1. The van der Waals surface area contributed by atoms with Gasteiger partial charge in [-0.25, -0.2) is 4.79 Å². The number of aromatic nitrogens is 4. The van der Waals surface area contributed by atoms with Gasteiger partial charge in [-0.05, 0) is 6.07 Å². The number of aryl methyl sites for hydroxylation is 2. The Bertz CT molecular complexity index is 901. The first-order valence-electron chi connectivity index (χ1n) is 6.25. The minimum atomic E-state index is -0.341. The molecule has 20 heavy (non-hydrogen) atoms. The summed E-state index contributed by atoms with van der Waals surface area (Å²) in [6.45, 7) is 0.174. The van der Waals surface area contributed by atoms with Crippen molar-refractivity contribution in [3.05, 3.63) is 63.1 Å². The topological polar surface area (TPSA) is 61.8 Å². The van der Waals surface area contributed by atoms with Gasteiger partial charge in [-0.15, -0.1) is 0 Å². The van der Waals surface area contributed by atoms with Crippen LogP contribution in [-0.2, 0) is 20.6 Å². The second kappa shape index (κ2) is 4.48. The van der Waals surface area contributed by atoms with Crippen LogP contribution in [0.4, 0.5) is 0 Å². The highest BCUT2D eigenvalue weighted by atomic mass is 16.2. The standard InChI is InChI=1S/C14H14N4O2/c1-16-8-7-13(19)18(14(16)20)9-11-10-5-3-4-6-12(10)17(2)15-11/h3-8H,9H2,1-2H3. The van der Waals surface area contributed by atoms with E-state index in [0.29, 0.717) is 5.69 Å². The number of benzene rings is 1. The van der Waals surface area contributed by atoms with Gasteiger partial charge in [0.1, 0.15) is 0 Å².